The van der Waals surface area contributed by atoms with E-state index in [1.165, 1.54) is 0 Å². The Bertz CT molecular complexity index is 255. The van der Waals surface area contributed by atoms with Gasteiger partial charge in [0.25, 0.3) is 4.90 Å². The van der Waals surface area contributed by atoms with E-state index < -0.39 is 0 Å². The molecule has 58 valence electrons. The topological polar surface area (TPSA) is 17.1 Å². The van der Waals surface area contributed by atoms with E-state index in [1.807, 2.05) is 24.3 Å². The highest BCUT2D eigenvalue weighted by atomic mass is 32.1. The van der Waals surface area contributed by atoms with E-state index >= 15 is 0 Å². The quantitative estimate of drug-likeness (QED) is 0.619. The fourth-order valence-corrected chi connectivity index (χ4v) is 1.57. The first-order chi connectivity index (χ1) is 5.25. The summed E-state index contributed by atoms with van der Waals surface area (Å²) in [5, 5.41) is 0. The van der Waals surface area contributed by atoms with E-state index in [0.29, 0.717) is 17.6 Å². The van der Waals surface area contributed by atoms with Gasteiger partial charge in [-0.3, -0.25) is 0 Å². The molecule has 0 spiro atoms. The molecular weight excluding hydrogens is 156 g/mol. The lowest BCUT2D eigenvalue weighted by molar-refractivity contribution is 0.604. The molecule has 0 aromatic heterocycles. The molecule has 0 atom stereocenters. The van der Waals surface area contributed by atoms with Gasteiger partial charge in [-0.1, -0.05) is 32.0 Å². The summed E-state index contributed by atoms with van der Waals surface area (Å²) in [5.41, 5.74) is 1.15. The van der Waals surface area contributed by atoms with Gasteiger partial charge in [0.05, 0.1) is 0 Å². The number of benzene rings is 1. The van der Waals surface area contributed by atoms with Crippen LogP contribution < -0.4 is 0 Å². The average molecular weight is 167 g/mol. The van der Waals surface area contributed by atoms with E-state index in [9.17, 15) is 4.21 Å². The molecule has 0 fully saturated rings. The molecule has 0 unspecified atom stereocenters. The van der Waals surface area contributed by atoms with Gasteiger partial charge >= 0.3 is 11.7 Å². The van der Waals surface area contributed by atoms with Gasteiger partial charge in [0.15, 0.2) is 0 Å². The van der Waals surface area contributed by atoms with Crippen LogP contribution in [-0.4, -0.2) is 0 Å². The summed E-state index contributed by atoms with van der Waals surface area (Å²) >= 11 is 0.574. The minimum Gasteiger partial charge on any atom is -0.0616 e. The molecule has 0 bridgehead atoms. The Labute approximate surface area is 70.9 Å². The molecule has 0 aliphatic rings. The molecule has 1 nitrogen and oxygen atoms in total. The zero-order valence-corrected chi connectivity index (χ0v) is 7.52. The van der Waals surface area contributed by atoms with E-state index in [4.69, 9.17) is 0 Å². The van der Waals surface area contributed by atoms with Crippen molar-refractivity contribution in [2.75, 3.05) is 0 Å². The molecule has 1 rings (SSSR count). The van der Waals surface area contributed by atoms with Crippen molar-refractivity contribution in [1.29, 1.82) is 0 Å². The smallest absolute Gasteiger partial charge is 0.0616 e. The Balaban J connectivity index is 3.12. The summed E-state index contributed by atoms with van der Waals surface area (Å²) in [5.74, 6) is 0.438. The number of rotatable bonds is 2. The van der Waals surface area contributed by atoms with Crippen molar-refractivity contribution in [3.05, 3.63) is 29.8 Å². The predicted molar refractivity (Wildman–Crippen MR) is 46.8 cm³/mol. The first-order valence-corrected chi connectivity index (χ1v) is 4.38. The van der Waals surface area contributed by atoms with Crippen LogP contribution in [0.15, 0.2) is 29.2 Å². The van der Waals surface area contributed by atoms with Gasteiger partial charge in [-0.15, -0.1) is 0 Å². The van der Waals surface area contributed by atoms with Gasteiger partial charge < -0.3 is 0 Å². The summed E-state index contributed by atoms with van der Waals surface area (Å²) in [7, 11) is 0. The Morgan fingerprint density at radius 2 is 1.91 bits per heavy atom. The van der Waals surface area contributed by atoms with Crippen LogP contribution in [0.1, 0.15) is 25.3 Å². The fourth-order valence-electron chi connectivity index (χ4n) is 1.03. The summed E-state index contributed by atoms with van der Waals surface area (Å²) in [4.78, 5) is 0.850. The number of hydrogen-bond donors (Lipinski definition) is 0. The fraction of sp³-hybridized carbons (Fsp3) is 0.333. The average Bonchev–Trinajstić information content (AvgIpc) is 2.04. The van der Waals surface area contributed by atoms with Crippen molar-refractivity contribution >= 4 is 11.7 Å². The third-order valence-electron chi connectivity index (χ3n) is 1.63. The predicted octanol–water partition coefficient (Wildman–Crippen LogP) is 2.60. The lowest BCUT2D eigenvalue weighted by atomic mass is 10.0. The minimum absolute atomic E-state index is 0.438. The Kier molecular flexibility index (Phi) is 2.71. The van der Waals surface area contributed by atoms with Crippen molar-refractivity contribution < 1.29 is 4.21 Å². The van der Waals surface area contributed by atoms with E-state index in [0.717, 1.165) is 10.5 Å². The van der Waals surface area contributed by atoms with Gasteiger partial charge in [0.1, 0.15) is 0 Å². The normalized spacial score (nSPS) is 10.1. The lowest BCUT2D eigenvalue weighted by Gasteiger charge is -2.00. The minimum atomic E-state index is 0.438. The van der Waals surface area contributed by atoms with Gasteiger partial charge in [0, 0.05) is 15.8 Å². The second-order valence-corrected chi connectivity index (χ2v) is 3.38. The third-order valence-corrected chi connectivity index (χ3v) is 2.18. The number of hydrogen-bond acceptors (Lipinski definition) is 1. The molecule has 0 N–H and O–H groups in total. The second-order valence-electron chi connectivity index (χ2n) is 2.78. The maximum absolute atomic E-state index is 10.6. The van der Waals surface area contributed by atoms with Crippen LogP contribution >= 0.6 is 0 Å². The van der Waals surface area contributed by atoms with Crippen LogP contribution in [0.2, 0.25) is 0 Å². The molecule has 0 radical (unpaired) electrons. The summed E-state index contributed by atoms with van der Waals surface area (Å²) in [6.07, 6.45) is 0. The van der Waals surface area contributed by atoms with Crippen molar-refractivity contribution in [3.8, 4) is 0 Å². The second kappa shape index (κ2) is 3.58. The highest BCUT2D eigenvalue weighted by Crippen LogP contribution is 2.18. The van der Waals surface area contributed by atoms with Gasteiger partial charge in [-0.2, -0.15) is 0 Å². The lowest BCUT2D eigenvalue weighted by Crippen LogP contribution is -1.90. The van der Waals surface area contributed by atoms with Crippen LogP contribution in [0.5, 0.6) is 0 Å². The highest BCUT2D eigenvalue weighted by Gasteiger charge is 2.14. The molecule has 0 aliphatic carbocycles. The molecule has 2 heteroatoms. The Morgan fingerprint density at radius 3 is 2.36 bits per heavy atom. The van der Waals surface area contributed by atoms with Crippen LogP contribution in [0.4, 0.5) is 0 Å². The summed E-state index contributed by atoms with van der Waals surface area (Å²) in [6.45, 7) is 4.18. The third kappa shape index (κ3) is 1.84. The van der Waals surface area contributed by atoms with E-state index in [-0.39, 0.29) is 0 Å². The molecule has 0 aliphatic heterocycles. The molecule has 11 heavy (non-hydrogen) atoms. The van der Waals surface area contributed by atoms with Crippen LogP contribution in [0.25, 0.3) is 0 Å². The van der Waals surface area contributed by atoms with Gasteiger partial charge in [-0.05, 0) is 5.92 Å². The Hall–Kier alpha value is -0.760. The molecular formula is C9H11OS+. The van der Waals surface area contributed by atoms with E-state index in [2.05, 4.69) is 13.8 Å². The monoisotopic (exact) mass is 167 g/mol. The zero-order chi connectivity index (χ0) is 8.27. The molecule has 0 saturated carbocycles. The van der Waals surface area contributed by atoms with Crippen molar-refractivity contribution in [2.24, 2.45) is 0 Å². The standard InChI is InChI=1S/C9H11OS/c1-7(2)8-5-3-4-6-9(8)11-10/h3-7H,1-2H3/q+1. The van der Waals surface area contributed by atoms with Crippen LogP contribution in [0, 0.1) is 0 Å². The Morgan fingerprint density at radius 1 is 1.27 bits per heavy atom. The van der Waals surface area contributed by atoms with Gasteiger partial charge in [-0.25, -0.2) is 0 Å². The van der Waals surface area contributed by atoms with Crippen molar-refractivity contribution in [3.63, 3.8) is 0 Å². The maximum atomic E-state index is 10.6. The molecule has 0 amide bonds. The molecule has 0 saturated heterocycles. The maximum Gasteiger partial charge on any atom is 0.505 e. The van der Waals surface area contributed by atoms with Crippen LogP contribution in [0.3, 0.4) is 0 Å². The first-order valence-electron chi connectivity index (χ1n) is 3.64. The summed E-state index contributed by atoms with van der Waals surface area (Å²) in [6, 6.07) is 7.74. The van der Waals surface area contributed by atoms with Crippen molar-refractivity contribution in [2.45, 2.75) is 24.7 Å². The molecule has 1 aromatic carbocycles. The SMILES string of the molecule is CC(C)c1ccccc1[S+]=O. The van der Waals surface area contributed by atoms with Gasteiger partial charge in [0.2, 0.25) is 0 Å². The van der Waals surface area contributed by atoms with E-state index in [1.54, 1.807) is 0 Å². The zero-order valence-electron chi connectivity index (χ0n) is 6.70. The first kappa shape index (κ1) is 8.34. The largest absolute Gasteiger partial charge is 0.505 e. The van der Waals surface area contributed by atoms with Crippen molar-refractivity contribution in [1.82, 2.24) is 0 Å². The molecule has 1 aromatic rings. The van der Waals surface area contributed by atoms with Crippen LogP contribution in [-0.2, 0) is 15.9 Å². The summed E-state index contributed by atoms with van der Waals surface area (Å²) < 4.78 is 10.6. The molecule has 0 heterocycles. The highest BCUT2D eigenvalue weighted by molar-refractivity contribution is 7.65.